The van der Waals surface area contributed by atoms with Crippen LogP contribution in [0.3, 0.4) is 0 Å². The molecular formula is C4N4S. The fourth-order valence-electron chi connectivity index (χ4n) is 0.122. The van der Waals surface area contributed by atoms with Gasteiger partial charge in [0.05, 0.1) is 0 Å². The summed E-state index contributed by atoms with van der Waals surface area (Å²) in [6.45, 7) is 0. The third-order valence-electron chi connectivity index (χ3n) is 0.548. The Kier molecular flexibility index (Phi) is 2.09. The van der Waals surface area contributed by atoms with Crippen LogP contribution in [0.4, 0.5) is 0 Å². The van der Waals surface area contributed by atoms with E-state index < -0.39 is 10.0 Å². The fraction of sp³-hybridized carbons (Fsp3) is 0. The molecule has 0 heterocycles. The first-order valence-electron chi connectivity index (χ1n) is 1.71. The number of hydrogen-bond acceptors (Lipinski definition) is 4. The molecule has 0 atom stereocenters. The lowest BCUT2D eigenvalue weighted by molar-refractivity contribution is 1.53. The molecule has 0 saturated carbocycles. The molecule has 0 rings (SSSR count). The van der Waals surface area contributed by atoms with Crippen molar-refractivity contribution in [2.45, 2.75) is 0 Å². The highest BCUT2D eigenvalue weighted by atomic mass is 32.3. The lowest BCUT2D eigenvalue weighted by atomic mass is 11.7. The largest absolute Gasteiger partial charge is 0.184 e. The van der Waals surface area contributed by atoms with E-state index in [0.29, 0.717) is 0 Å². The number of hydrogen-bond donors (Lipinski definition) is 0. The van der Waals surface area contributed by atoms with Gasteiger partial charge in [0.25, 0.3) is 0 Å². The molecule has 5 heteroatoms. The summed E-state index contributed by atoms with van der Waals surface area (Å²) < 4.78 is 0. The summed E-state index contributed by atoms with van der Waals surface area (Å²) in [7, 11) is -2.93. The van der Waals surface area contributed by atoms with Crippen LogP contribution in [0.1, 0.15) is 0 Å². The summed E-state index contributed by atoms with van der Waals surface area (Å²) in [6.07, 6.45) is 0. The van der Waals surface area contributed by atoms with Crippen LogP contribution in [0, 0.1) is 42.7 Å². The van der Waals surface area contributed by atoms with Crippen LogP contribution in [0.5, 0.6) is 0 Å². The maximum Gasteiger partial charge on any atom is 0.154 e. The van der Waals surface area contributed by atoms with E-state index in [2.05, 4.69) is 0 Å². The highest BCUT2D eigenvalue weighted by Gasteiger charge is 2.21. The molecule has 0 saturated heterocycles. The van der Waals surface area contributed by atoms with Gasteiger partial charge in [0.1, 0.15) is 10.0 Å². The molecule has 0 aromatic carbocycles. The molecule has 0 N–H and O–H groups in total. The van der Waals surface area contributed by atoms with Crippen molar-refractivity contribution in [2.75, 3.05) is 0 Å². The Morgan fingerprint density at radius 3 is 0.889 bits per heavy atom. The zero-order valence-electron chi connectivity index (χ0n) is 4.20. The van der Waals surface area contributed by atoms with Gasteiger partial charge >= 0.3 is 0 Å². The van der Waals surface area contributed by atoms with Crippen molar-refractivity contribution in [3.8, 4) is 21.6 Å². The van der Waals surface area contributed by atoms with Gasteiger partial charge in [-0.15, -0.1) is 0 Å². The van der Waals surface area contributed by atoms with E-state index in [9.17, 15) is 0 Å². The molecular weight excluding hydrogens is 136 g/mol. The fourth-order valence-corrected chi connectivity index (χ4v) is 0.367. The van der Waals surface area contributed by atoms with Gasteiger partial charge in [0.2, 0.25) is 0 Å². The molecule has 0 fully saturated rings. The van der Waals surface area contributed by atoms with Crippen LogP contribution in [-0.4, -0.2) is 0 Å². The van der Waals surface area contributed by atoms with Gasteiger partial charge in [0.15, 0.2) is 21.6 Å². The molecule has 4 nitrogen and oxygen atoms in total. The average Bonchev–Trinajstić information content (AvgIpc) is 1.95. The topological polar surface area (TPSA) is 95.2 Å². The van der Waals surface area contributed by atoms with Crippen LogP contribution in [0.25, 0.3) is 0 Å². The molecule has 42 valence electrons. The first-order valence-corrected chi connectivity index (χ1v) is 3.34. The van der Waals surface area contributed by atoms with Gasteiger partial charge in [-0.05, 0) is 0 Å². The smallest absolute Gasteiger partial charge is 0.154 e. The lowest BCUT2D eigenvalue weighted by Gasteiger charge is -1.96. The zero-order chi connectivity index (χ0) is 7.33. The molecule has 0 aliphatic carbocycles. The van der Waals surface area contributed by atoms with E-state index in [0.717, 1.165) is 0 Å². The molecule has 0 radical (unpaired) electrons. The van der Waals surface area contributed by atoms with E-state index in [-0.39, 0.29) is 0 Å². The maximum absolute atomic E-state index is 8.10. The van der Waals surface area contributed by atoms with Crippen molar-refractivity contribution in [3.05, 3.63) is 0 Å². The van der Waals surface area contributed by atoms with E-state index in [1.54, 1.807) is 0 Å². The van der Waals surface area contributed by atoms with E-state index in [1.807, 2.05) is 0 Å². The van der Waals surface area contributed by atoms with Gasteiger partial charge in [-0.2, -0.15) is 21.0 Å². The number of nitriles is 4. The normalized spacial score (nSPS) is 9.33. The Balaban J connectivity index is 4.84. The maximum atomic E-state index is 8.10. The molecule has 0 aliphatic rings. The minimum Gasteiger partial charge on any atom is -0.184 e. The van der Waals surface area contributed by atoms with Crippen molar-refractivity contribution in [1.82, 2.24) is 0 Å². The molecule has 0 aliphatic heterocycles. The van der Waals surface area contributed by atoms with Crippen LogP contribution < -0.4 is 0 Å². The van der Waals surface area contributed by atoms with Crippen LogP contribution in [-0.2, 0) is 0 Å². The Hall–Kier alpha value is -1.69. The van der Waals surface area contributed by atoms with Crippen LogP contribution in [0.2, 0.25) is 0 Å². The van der Waals surface area contributed by atoms with E-state index >= 15 is 0 Å². The minimum absolute atomic E-state index is 1.36. The molecule has 0 bridgehead atoms. The quantitative estimate of drug-likeness (QED) is 0.458. The summed E-state index contributed by atoms with van der Waals surface area (Å²) in [6, 6.07) is 0. The molecule has 0 amide bonds. The van der Waals surface area contributed by atoms with Crippen LogP contribution in [0.15, 0.2) is 0 Å². The van der Waals surface area contributed by atoms with Gasteiger partial charge in [-0.3, -0.25) is 0 Å². The predicted molar refractivity (Wildman–Crippen MR) is 30.0 cm³/mol. The predicted octanol–water partition coefficient (Wildman–Crippen LogP) is 0.715. The Morgan fingerprint density at radius 1 is 0.667 bits per heavy atom. The highest BCUT2D eigenvalue weighted by Crippen LogP contribution is 2.41. The summed E-state index contributed by atoms with van der Waals surface area (Å²) in [5.41, 5.74) is 0. The van der Waals surface area contributed by atoms with Gasteiger partial charge < -0.3 is 0 Å². The molecule has 9 heavy (non-hydrogen) atoms. The molecule has 0 aromatic rings. The second-order valence-corrected chi connectivity index (χ2v) is 2.93. The first-order chi connectivity index (χ1) is 4.24. The monoisotopic (exact) mass is 136 g/mol. The summed E-state index contributed by atoms with van der Waals surface area (Å²) >= 11 is 0. The number of nitrogens with zero attached hydrogens (tertiary/aromatic N) is 4. The molecule has 0 unspecified atom stereocenters. The molecule has 0 spiro atoms. The third kappa shape index (κ3) is 1.10. The lowest BCUT2D eigenvalue weighted by Crippen LogP contribution is -1.81. The van der Waals surface area contributed by atoms with Crippen molar-refractivity contribution < 1.29 is 0 Å². The first kappa shape index (κ1) is 7.31. The molecule has 0 aromatic heterocycles. The van der Waals surface area contributed by atoms with E-state index in [4.69, 9.17) is 21.0 Å². The summed E-state index contributed by atoms with van der Waals surface area (Å²) in [4.78, 5) is 0. The van der Waals surface area contributed by atoms with Crippen molar-refractivity contribution in [2.24, 2.45) is 0 Å². The standard InChI is InChI=1S/C4N4S/c5-1-9(2-6,3-7)4-8. The van der Waals surface area contributed by atoms with Crippen molar-refractivity contribution in [1.29, 1.82) is 21.0 Å². The highest BCUT2D eigenvalue weighted by molar-refractivity contribution is 8.47. The van der Waals surface area contributed by atoms with Crippen molar-refractivity contribution >= 4 is 10.0 Å². The Morgan fingerprint density at radius 2 is 0.889 bits per heavy atom. The number of rotatable bonds is 0. The SMILES string of the molecule is N#CS(C#N)(C#N)C#N. The van der Waals surface area contributed by atoms with Gasteiger partial charge in [-0.25, -0.2) is 0 Å². The summed E-state index contributed by atoms with van der Waals surface area (Å²) in [5, 5.41) is 37.8. The van der Waals surface area contributed by atoms with Gasteiger partial charge in [0, 0.05) is 0 Å². The van der Waals surface area contributed by atoms with Crippen molar-refractivity contribution in [3.63, 3.8) is 0 Å². The van der Waals surface area contributed by atoms with Crippen LogP contribution >= 0.6 is 10.0 Å². The Labute approximate surface area is 53.5 Å². The van der Waals surface area contributed by atoms with Gasteiger partial charge in [-0.1, -0.05) is 0 Å². The average molecular weight is 136 g/mol. The third-order valence-corrected chi connectivity index (χ3v) is 1.64. The zero-order valence-corrected chi connectivity index (χ0v) is 5.01. The summed E-state index contributed by atoms with van der Waals surface area (Å²) in [5.74, 6) is 0. The second kappa shape index (κ2) is 2.58. The Bertz CT molecular complexity index is 205. The second-order valence-electron chi connectivity index (χ2n) is 0.978. The van der Waals surface area contributed by atoms with E-state index in [1.165, 1.54) is 21.6 Å². The number of thiocyanates is 4. The minimum atomic E-state index is -2.93.